The number of likely N-dealkylation sites (N-methyl/N-ethyl adjacent to an activating group) is 1. The SMILES string of the molecule is CO[C@@H]1CN(C)C(=O)c2ccc(NS(=O)(=O)c3cn(C)cn3)cc2OC[C@H](C)N(CC2CC2)C[C@@H]1C. The van der Waals surface area contributed by atoms with Crippen LogP contribution in [-0.2, 0) is 21.8 Å². The fourth-order valence-electron chi connectivity index (χ4n) is 4.53. The molecule has 1 fully saturated rings. The highest BCUT2D eigenvalue weighted by Crippen LogP contribution is 2.32. The number of carbonyl (C=O) groups is 1. The van der Waals surface area contributed by atoms with Crippen LogP contribution in [0.15, 0.2) is 35.7 Å². The number of sulfonamides is 1. The summed E-state index contributed by atoms with van der Waals surface area (Å²) < 4.78 is 41.7. The van der Waals surface area contributed by atoms with Crippen molar-refractivity contribution in [1.82, 2.24) is 19.4 Å². The number of hydrogen-bond donors (Lipinski definition) is 1. The van der Waals surface area contributed by atoms with E-state index in [1.54, 1.807) is 48.9 Å². The molecule has 0 radical (unpaired) electrons. The molecule has 1 amide bonds. The van der Waals surface area contributed by atoms with E-state index in [1.165, 1.54) is 25.4 Å². The van der Waals surface area contributed by atoms with E-state index in [9.17, 15) is 13.2 Å². The maximum absolute atomic E-state index is 13.4. The summed E-state index contributed by atoms with van der Waals surface area (Å²) >= 11 is 0. The maximum atomic E-state index is 13.4. The molecule has 0 saturated heterocycles. The molecular weight excluding hydrogens is 482 g/mol. The summed E-state index contributed by atoms with van der Waals surface area (Å²) in [5, 5.41) is -0.0847. The maximum Gasteiger partial charge on any atom is 0.280 e. The lowest BCUT2D eigenvalue weighted by molar-refractivity contribution is 0.00994. The van der Waals surface area contributed by atoms with Crippen LogP contribution in [0.25, 0.3) is 0 Å². The molecule has 2 aromatic rings. The van der Waals surface area contributed by atoms with Crippen LogP contribution in [0.3, 0.4) is 0 Å². The van der Waals surface area contributed by atoms with Crippen LogP contribution in [0.1, 0.15) is 37.0 Å². The summed E-state index contributed by atoms with van der Waals surface area (Å²) in [6.45, 7) is 6.96. The average Bonchev–Trinajstić information content (AvgIpc) is 3.54. The summed E-state index contributed by atoms with van der Waals surface area (Å²) in [5.74, 6) is 1.08. The highest BCUT2D eigenvalue weighted by molar-refractivity contribution is 7.92. The van der Waals surface area contributed by atoms with Crippen LogP contribution in [0.5, 0.6) is 5.75 Å². The molecular formula is C25H37N5O5S. The number of imidazole rings is 1. The number of benzene rings is 1. The van der Waals surface area contributed by atoms with Crippen molar-refractivity contribution in [3.05, 3.63) is 36.3 Å². The van der Waals surface area contributed by atoms with Gasteiger partial charge in [-0.1, -0.05) is 6.92 Å². The number of anilines is 1. The Bertz CT molecular complexity index is 1180. The van der Waals surface area contributed by atoms with Crippen molar-refractivity contribution >= 4 is 21.6 Å². The number of rotatable bonds is 6. The molecule has 1 aliphatic carbocycles. The third kappa shape index (κ3) is 6.19. The monoisotopic (exact) mass is 519 g/mol. The van der Waals surface area contributed by atoms with E-state index in [1.807, 2.05) is 0 Å². The average molecular weight is 520 g/mol. The van der Waals surface area contributed by atoms with Gasteiger partial charge in [-0.05, 0) is 43.7 Å². The summed E-state index contributed by atoms with van der Waals surface area (Å²) in [7, 11) is 1.26. The van der Waals surface area contributed by atoms with Crippen molar-refractivity contribution in [1.29, 1.82) is 0 Å². The predicted octanol–water partition coefficient (Wildman–Crippen LogP) is 2.44. The van der Waals surface area contributed by atoms with Crippen LogP contribution in [-0.4, -0.2) is 86.2 Å². The zero-order valence-corrected chi connectivity index (χ0v) is 22.5. The Morgan fingerprint density at radius 2 is 1.94 bits per heavy atom. The number of methoxy groups -OCH3 is 1. The molecule has 36 heavy (non-hydrogen) atoms. The quantitative estimate of drug-likeness (QED) is 0.625. The Morgan fingerprint density at radius 3 is 2.58 bits per heavy atom. The Morgan fingerprint density at radius 1 is 1.19 bits per heavy atom. The second-order valence-corrected chi connectivity index (χ2v) is 11.8. The lowest BCUT2D eigenvalue weighted by Crippen LogP contribution is -2.47. The van der Waals surface area contributed by atoms with Gasteiger partial charge in [-0.15, -0.1) is 0 Å². The molecule has 4 rings (SSSR count). The zero-order chi connectivity index (χ0) is 26.0. The second kappa shape index (κ2) is 10.8. The number of carbonyl (C=O) groups excluding carboxylic acids is 1. The molecule has 1 N–H and O–H groups in total. The van der Waals surface area contributed by atoms with Gasteiger partial charge in [-0.3, -0.25) is 14.4 Å². The largest absolute Gasteiger partial charge is 0.491 e. The van der Waals surface area contributed by atoms with Gasteiger partial charge in [0.25, 0.3) is 15.9 Å². The molecule has 1 aliphatic heterocycles. The number of aryl methyl sites for hydroxylation is 1. The van der Waals surface area contributed by atoms with E-state index in [0.29, 0.717) is 30.2 Å². The number of hydrogen-bond acceptors (Lipinski definition) is 7. The minimum atomic E-state index is -3.88. The van der Waals surface area contributed by atoms with Gasteiger partial charge in [0.2, 0.25) is 0 Å². The standard InChI is InChI=1S/C25H37N5O5S/c1-17-11-30(12-19-6-7-19)18(2)15-35-22-10-20(27-36(32,33)24-14-28(3)16-26-24)8-9-21(22)25(31)29(4)13-23(17)34-5/h8-10,14,16-19,23,27H,6-7,11-13,15H2,1-5H3/t17-,18-,23+/m0/s1. The van der Waals surface area contributed by atoms with Gasteiger partial charge in [0.05, 0.1) is 23.7 Å². The topological polar surface area (TPSA) is 106 Å². The van der Waals surface area contributed by atoms with Crippen molar-refractivity contribution in [2.24, 2.45) is 18.9 Å². The third-order valence-corrected chi connectivity index (χ3v) is 8.24. The minimum Gasteiger partial charge on any atom is -0.491 e. The number of nitrogens with zero attached hydrogens (tertiary/aromatic N) is 4. The summed E-state index contributed by atoms with van der Waals surface area (Å²) in [4.78, 5) is 21.4. The summed E-state index contributed by atoms with van der Waals surface area (Å²) in [6.07, 6.45) is 5.25. The molecule has 2 heterocycles. The summed E-state index contributed by atoms with van der Waals surface area (Å²) in [5.41, 5.74) is 0.676. The van der Waals surface area contributed by atoms with Crippen LogP contribution >= 0.6 is 0 Å². The Labute approximate surface area is 213 Å². The molecule has 11 heteroatoms. The first kappa shape index (κ1) is 26.4. The number of aromatic nitrogens is 2. The predicted molar refractivity (Wildman–Crippen MR) is 137 cm³/mol. The molecule has 2 aliphatic rings. The van der Waals surface area contributed by atoms with Gasteiger partial charge in [0.1, 0.15) is 12.4 Å². The Hall–Kier alpha value is -2.63. The van der Waals surface area contributed by atoms with E-state index in [0.717, 1.165) is 19.0 Å². The Balaban J connectivity index is 1.64. The number of ether oxygens (including phenoxy) is 2. The fraction of sp³-hybridized carbons (Fsp3) is 0.600. The van der Waals surface area contributed by atoms with Crippen molar-refractivity contribution in [2.75, 3.05) is 45.1 Å². The first-order valence-electron chi connectivity index (χ1n) is 12.4. The van der Waals surface area contributed by atoms with E-state index in [4.69, 9.17) is 9.47 Å². The molecule has 1 aromatic heterocycles. The highest BCUT2D eigenvalue weighted by atomic mass is 32.2. The molecule has 0 bridgehead atoms. The molecule has 10 nitrogen and oxygen atoms in total. The summed E-state index contributed by atoms with van der Waals surface area (Å²) in [6, 6.07) is 4.86. The molecule has 1 aromatic carbocycles. The third-order valence-electron chi connectivity index (χ3n) is 6.97. The van der Waals surface area contributed by atoms with Crippen molar-refractivity contribution < 1.29 is 22.7 Å². The normalized spacial score (nSPS) is 24.4. The van der Waals surface area contributed by atoms with Gasteiger partial charge in [0, 0.05) is 59.1 Å². The molecule has 1 saturated carbocycles. The number of nitrogens with one attached hydrogen (secondary N) is 1. The van der Waals surface area contributed by atoms with Crippen LogP contribution in [0, 0.1) is 11.8 Å². The van der Waals surface area contributed by atoms with E-state index in [-0.39, 0.29) is 29.0 Å². The van der Waals surface area contributed by atoms with E-state index < -0.39 is 10.0 Å². The van der Waals surface area contributed by atoms with Gasteiger partial charge in [0.15, 0.2) is 5.03 Å². The smallest absolute Gasteiger partial charge is 0.280 e. The van der Waals surface area contributed by atoms with Crippen LogP contribution in [0.4, 0.5) is 5.69 Å². The minimum absolute atomic E-state index is 0.0847. The fourth-order valence-corrected chi connectivity index (χ4v) is 5.56. The van der Waals surface area contributed by atoms with Gasteiger partial charge >= 0.3 is 0 Å². The first-order valence-corrected chi connectivity index (χ1v) is 13.9. The Kier molecular flexibility index (Phi) is 7.91. The molecule has 198 valence electrons. The molecule has 3 atom stereocenters. The van der Waals surface area contributed by atoms with Crippen molar-refractivity contribution in [3.8, 4) is 5.75 Å². The van der Waals surface area contributed by atoms with Crippen LogP contribution < -0.4 is 9.46 Å². The lowest BCUT2D eigenvalue weighted by Gasteiger charge is -2.36. The number of fused-ring (bicyclic) bond motifs is 1. The first-order chi connectivity index (χ1) is 17.1. The zero-order valence-electron chi connectivity index (χ0n) is 21.7. The van der Waals surface area contributed by atoms with Gasteiger partial charge in [-0.2, -0.15) is 8.42 Å². The van der Waals surface area contributed by atoms with Gasteiger partial charge in [-0.25, -0.2) is 4.98 Å². The number of amides is 1. The highest BCUT2D eigenvalue weighted by Gasteiger charge is 2.32. The molecule has 0 spiro atoms. The van der Waals surface area contributed by atoms with E-state index >= 15 is 0 Å². The molecule has 0 unspecified atom stereocenters. The second-order valence-electron chi connectivity index (χ2n) is 10.2. The lowest BCUT2D eigenvalue weighted by atomic mass is 10.0. The van der Waals surface area contributed by atoms with Crippen LogP contribution in [0.2, 0.25) is 0 Å². The van der Waals surface area contributed by atoms with Crippen molar-refractivity contribution in [3.63, 3.8) is 0 Å². The van der Waals surface area contributed by atoms with Crippen molar-refractivity contribution in [2.45, 2.75) is 43.9 Å². The van der Waals surface area contributed by atoms with E-state index in [2.05, 4.69) is 28.5 Å². The van der Waals surface area contributed by atoms with Gasteiger partial charge < -0.3 is 18.9 Å².